The highest BCUT2D eigenvalue weighted by molar-refractivity contribution is 8.02. The highest BCUT2D eigenvalue weighted by Crippen LogP contribution is 2.35. The SMILES string of the molecule is CC(=O)C(C)SC(C)(C)C(=O)C(C)(C)C. The fraction of sp³-hybridized carbons (Fsp3) is 0.833. The lowest BCUT2D eigenvalue weighted by molar-refractivity contribution is -0.127. The fourth-order valence-corrected chi connectivity index (χ4v) is 2.94. The third kappa shape index (κ3) is 4.37. The maximum Gasteiger partial charge on any atom is 0.153 e. The van der Waals surface area contributed by atoms with Crippen LogP contribution in [0.3, 0.4) is 0 Å². The predicted octanol–water partition coefficient (Wildman–Crippen LogP) is 3.09. The first-order valence-electron chi connectivity index (χ1n) is 5.21. The van der Waals surface area contributed by atoms with Gasteiger partial charge in [0.2, 0.25) is 0 Å². The van der Waals surface area contributed by atoms with Gasteiger partial charge < -0.3 is 0 Å². The first kappa shape index (κ1) is 14.7. The van der Waals surface area contributed by atoms with Crippen LogP contribution in [-0.4, -0.2) is 21.6 Å². The van der Waals surface area contributed by atoms with Crippen molar-refractivity contribution in [2.75, 3.05) is 0 Å². The van der Waals surface area contributed by atoms with Crippen LogP contribution in [0.15, 0.2) is 0 Å². The Morgan fingerprint density at radius 2 is 1.47 bits per heavy atom. The topological polar surface area (TPSA) is 34.1 Å². The third-order valence-electron chi connectivity index (χ3n) is 2.27. The molecular formula is C12H22O2S. The molecule has 0 saturated carbocycles. The first-order chi connectivity index (χ1) is 6.48. The van der Waals surface area contributed by atoms with Crippen LogP contribution in [0.25, 0.3) is 0 Å². The zero-order valence-corrected chi connectivity index (χ0v) is 11.6. The molecule has 0 fully saturated rings. The molecule has 1 atom stereocenters. The lowest BCUT2D eigenvalue weighted by Crippen LogP contribution is -2.39. The average Bonchev–Trinajstić information content (AvgIpc) is 2.00. The molecule has 0 bridgehead atoms. The molecule has 0 amide bonds. The number of hydrogen-bond donors (Lipinski definition) is 0. The van der Waals surface area contributed by atoms with Crippen LogP contribution in [0.4, 0.5) is 0 Å². The van der Waals surface area contributed by atoms with Gasteiger partial charge in [0.15, 0.2) is 5.78 Å². The summed E-state index contributed by atoms with van der Waals surface area (Å²) in [5, 5.41) is -0.119. The maximum absolute atomic E-state index is 12.1. The Bertz CT molecular complexity index is 261. The van der Waals surface area contributed by atoms with Crippen LogP contribution in [0.1, 0.15) is 48.5 Å². The van der Waals surface area contributed by atoms with Crippen molar-refractivity contribution < 1.29 is 9.59 Å². The Balaban J connectivity index is 4.70. The number of carbonyl (C=O) groups is 2. The van der Waals surface area contributed by atoms with Crippen LogP contribution in [0, 0.1) is 5.41 Å². The van der Waals surface area contributed by atoms with Crippen LogP contribution in [0.5, 0.6) is 0 Å². The summed E-state index contributed by atoms with van der Waals surface area (Å²) < 4.78 is -0.497. The maximum atomic E-state index is 12.1. The second-order valence-corrected chi connectivity index (χ2v) is 7.42. The summed E-state index contributed by atoms with van der Waals surface area (Å²) in [6.45, 7) is 12.9. The average molecular weight is 230 g/mol. The van der Waals surface area contributed by atoms with Crippen molar-refractivity contribution >= 4 is 23.3 Å². The standard InChI is InChI=1S/C12H22O2S/c1-8(13)9(2)15-12(6,7)10(14)11(3,4)5/h9H,1-7H3. The third-order valence-corrected chi connectivity index (χ3v) is 3.73. The van der Waals surface area contributed by atoms with Gasteiger partial charge in [-0.2, -0.15) is 0 Å². The molecule has 3 heteroatoms. The molecule has 0 saturated heterocycles. The van der Waals surface area contributed by atoms with Gasteiger partial charge in [0.05, 0.1) is 10.00 Å². The lowest BCUT2D eigenvalue weighted by atomic mass is 9.84. The van der Waals surface area contributed by atoms with Gasteiger partial charge in [-0.15, -0.1) is 11.8 Å². The van der Waals surface area contributed by atoms with Crippen molar-refractivity contribution in [2.24, 2.45) is 5.41 Å². The van der Waals surface area contributed by atoms with Crippen LogP contribution < -0.4 is 0 Å². The van der Waals surface area contributed by atoms with E-state index in [9.17, 15) is 9.59 Å². The van der Waals surface area contributed by atoms with E-state index in [2.05, 4.69) is 0 Å². The summed E-state index contributed by atoms with van der Waals surface area (Å²) in [6.07, 6.45) is 0. The summed E-state index contributed by atoms with van der Waals surface area (Å²) in [6, 6.07) is 0. The molecule has 0 aliphatic carbocycles. The number of rotatable bonds is 4. The van der Waals surface area contributed by atoms with Gasteiger partial charge >= 0.3 is 0 Å². The molecule has 0 aliphatic rings. The zero-order valence-electron chi connectivity index (χ0n) is 10.8. The largest absolute Gasteiger partial charge is 0.299 e. The number of ketones is 2. The zero-order chi connectivity index (χ0) is 12.4. The normalized spacial score (nSPS) is 14.9. The molecule has 2 nitrogen and oxygen atoms in total. The minimum Gasteiger partial charge on any atom is -0.299 e. The minimum absolute atomic E-state index is 0.119. The lowest BCUT2D eigenvalue weighted by Gasteiger charge is -2.31. The summed E-state index contributed by atoms with van der Waals surface area (Å²) in [5.74, 6) is 0.308. The molecular weight excluding hydrogens is 208 g/mol. The van der Waals surface area contributed by atoms with Crippen molar-refractivity contribution in [2.45, 2.75) is 58.5 Å². The molecule has 0 aromatic heterocycles. The van der Waals surface area contributed by atoms with E-state index in [4.69, 9.17) is 0 Å². The van der Waals surface area contributed by atoms with Gasteiger partial charge in [-0.1, -0.05) is 20.8 Å². The highest BCUT2D eigenvalue weighted by Gasteiger charge is 2.38. The smallest absolute Gasteiger partial charge is 0.153 e. The number of Topliss-reactive ketones (excluding diaryl/α,β-unsaturated/α-hetero) is 2. The molecule has 0 rings (SSSR count). The van der Waals surface area contributed by atoms with E-state index in [1.54, 1.807) is 6.92 Å². The second kappa shape index (κ2) is 4.69. The van der Waals surface area contributed by atoms with E-state index in [0.29, 0.717) is 0 Å². The summed E-state index contributed by atoms with van der Waals surface area (Å²) >= 11 is 1.45. The molecule has 0 radical (unpaired) electrons. The molecule has 0 aromatic carbocycles. The predicted molar refractivity (Wildman–Crippen MR) is 66.3 cm³/mol. The van der Waals surface area contributed by atoms with Crippen LogP contribution in [-0.2, 0) is 9.59 Å². The van der Waals surface area contributed by atoms with Crippen molar-refractivity contribution in [1.82, 2.24) is 0 Å². The number of thioether (sulfide) groups is 1. The van der Waals surface area contributed by atoms with E-state index < -0.39 is 4.75 Å². The Morgan fingerprint density at radius 1 is 1.07 bits per heavy atom. The van der Waals surface area contributed by atoms with Gasteiger partial charge in [0, 0.05) is 5.41 Å². The van der Waals surface area contributed by atoms with Crippen LogP contribution >= 0.6 is 11.8 Å². The Labute approximate surface area is 97.2 Å². The Hall–Kier alpha value is -0.310. The van der Waals surface area contributed by atoms with Crippen molar-refractivity contribution in [3.8, 4) is 0 Å². The van der Waals surface area contributed by atoms with Crippen molar-refractivity contribution in [1.29, 1.82) is 0 Å². The number of carbonyl (C=O) groups excluding carboxylic acids is 2. The molecule has 15 heavy (non-hydrogen) atoms. The van der Waals surface area contributed by atoms with E-state index in [0.717, 1.165) is 0 Å². The summed E-state index contributed by atoms with van der Waals surface area (Å²) in [5.41, 5.74) is -0.354. The second-order valence-electron chi connectivity index (χ2n) is 5.46. The van der Waals surface area contributed by atoms with E-state index in [1.807, 2.05) is 41.5 Å². The van der Waals surface area contributed by atoms with Gasteiger partial charge in [-0.05, 0) is 27.7 Å². The van der Waals surface area contributed by atoms with E-state index in [-0.39, 0.29) is 22.2 Å². The Kier molecular flexibility index (Phi) is 4.59. The molecule has 0 N–H and O–H groups in total. The first-order valence-corrected chi connectivity index (χ1v) is 6.09. The summed E-state index contributed by atoms with van der Waals surface area (Å²) in [7, 11) is 0. The molecule has 0 aliphatic heterocycles. The minimum atomic E-state index is -0.497. The van der Waals surface area contributed by atoms with E-state index in [1.165, 1.54) is 11.8 Å². The monoisotopic (exact) mass is 230 g/mol. The highest BCUT2D eigenvalue weighted by atomic mass is 32.2. The van der Waals surface area contributed by atoms with Crippen molar-refractivity contribution in [3.63, 3.8) is 0 Å². The van der Waals surface area contributed by atoms with Crippen molar-refractivity contribution in [3.05, 3.63) is 0 Å². The van der Waals surface area contributed by atoms with Gasteiger partial charge in [0.1, 0.15) is 5.78 Å². The molecule has 0 aromatic rings. The number of hydrogen-bond acceptors (Lipinski definition) is 3. The quantitative estimate of drug-likeness (QED) is 0.744. The van der Waals surface area contributed by atoms with Gasteiger partial charge in [0.25, 0.3) is 0 Å². The van der Waals surface area contributed by atoms with Gasteiger partial charge in [-0.3, -0.25) is 9.59 Å². The molecule has 0 spiro atoms. The molecule has 0 heterocycles. The van der Waals surface area contributed by atoms with E-state index >= 15 is 0 Å². The fourth-order valence-electron chi connectivity index (χ4n) is 1.48. The van der Waals surface area contributed by atoms with Crippen LogP contribution in [0.2, 0.25) is 0 Å². The molecule has 88 valence electrons. The molecule has 1 unspecified atom stereocenters. The Morgan fingerprint density at radius 3 is 1.73 bits per heavy atom. The van der Waals surface area contributed by atoms with Gasteiger partial charge in [-0.25, -0.2) is 0 Å². The summed E-state index contributed by atoms with van der Waals surface area (Å²) in [4.78, 5) is 23.3.